The molecule has 0 amide bonds. The zero-order valence-corrected chi connectivity index (χ0v) is 20.6. The minimum Gasteiger partial charge on any atom is -0.207 e. The minimum absolute atomic E-state index is 0.434. The van der Waals surface area contributed by atoms with Gasteiger partial charge in [0.15, 0.2) is 0 Å². The van der Waals surface area contributed by atoms with Gasteiger partial charge in [0.05, 0.1) is 4.90 Å². The molecule has 0 aliphatic heterocycles. The van der Waals surface area contributed by atoms with Crippen LogP contribution in [0.2, 0.25) is 0 Å². The summed E-state index contributed by atoms with van der Waals surface area (Å²) in [6.07, 6.45) is 19.7. The second-order valence-corrected chi connectivity index (χ2v) is 10.6. The molecule has 30 heavy (non-hydrogen) atoms. The van der Waals surface area contributed by atoms with Crippen LogP contribution in [-0.2, 0) is 10.0 Å². The summed E-state index contributed by atoms with van der Waals surface area (Å²) >= 11 is 0. The average Bonchev–Trinajstić information content (AvgIpc) is 2.76. The molecular formula is C26H47NO2S. The molecule has 1 aromatic carbocycles. The van der Waals surface area contributed by atoms with Crippen molar-refractivity contribution in [2.75, 3.05) is 13.1 Å². The predicted octanol–water partition coefficient (Wildman–Crippen LogP) is 7.96. The van der Waals surface area contributed by atoms with Crippen LogP contribution in [0.4, 0.5) is 0 Å². The first-order valence-corrected chi connectivity index (χ1v) is 14.1. The van der Waals surface area contributed by atoms with Crippen LogP contribution in [0.5, 0.6) is 0 Å². The molecule has 0 bridgehead atoms. The van der Waals surface area contributed by atoms with Crippen molar-refractivity contribution in [2.45, 2.75) is 121 Å². The van der Waals surface area contributed by atoms with Gasteiger partial charge in [-0.1, -0.05) is 122 Å². The van der Waals surface area contributed by atoms with E-state index in [4.69, 9.17) is 0 Å². The topological polar surface area (TPSA) is 37.4 Å². The van der Waals surface area contributed by atoms with Crippen molar-refractivity contribution in [3.63, 3.8) is 0 Å². The third kappa shape index (κ3) is 12.1. The molecule has 0 atom stereocenters. The van der Waals surface area contributed by atoms with Crippen molar-refractivity contribution in [1.82, 2.24) is 4.31 Å². The fraction of sp³-hybridized carbons (Fsp3) is 0.769. The first-order valence-electron chi connectivity index (χ1n) is 12.7. The van der Waals surface area contributed by atoms with Crippen molar-refractivity contribution in [1.29, 1.82) is 0 Å². The zero-order chi connectivity index (χ0) is 21.9. The standard InChI is InChI=1S/C26H47NO2S/c1-3-5-7-9-11-13-15-20-24-27(25-21-16-14-12-10-8-6-4-2)30(28,29)26-22-18-17-19-23-26/h17-19,22-23H,3-16,20-21,24-25H2,1-2H3. The SMILES string of the molecule is CCCCCCCCCCN(CCCCCCCCCC)S(=O)(=O)c1ccccc1. The van der Waals surface area contributed by atoms with Crippen LogP contribution < -0.4 is 0 Å². The first kappa shape index (κ1) is 27.2. The molecule has 0 radical (unpaired) electrons. The van der Waals surface area contributed by atoms with Crippen molar-refractivity contribution in [2.24, 2.45) is 0 Å². The Kier molecular flexibility index (Phi) is 16.1. The molecule has 1 aromatic rings. The molecule has 0 N–H and O–H groups in total. The number of unbranched alkanes of at least 4 members (excludes halogenated alkanes) is 14. The van der Waals surface area contributed by atoms with Gasteiger partial charge in [0.2, 0.25) is 10.0 Å². The number of benzene rings is 1. The molecule has 0 fully saturated rings. The van der Waals surface area contributed by atoms with Gasteiger partial charge in [-0.25, -0.2) is 8.42 Å². The summed E-state index contributed by atoms with van der Waals surface area (Å²) in [5.74, 6) is 0. The van der Waals surface area contributed by atoms with Gasteiger partial charge in [0.25, 0.3) is 0 Å². The number of rotatable bonds is 20. The van der Waals surface area contributed by atoms with Gasteiger partial charge in [-0.05, 0) is 25.0 Å². The summed E-state index contributed by atoms with van der Waals surface area (Å²) in [6, 6.07) is 8.96. The summed E-state index contributed by atoms with van der Waals surface area (Å²) in [7, 11) is -3.38. The van der Waals surface area contributed by atoms with E-state index in [1.165, 1.54) is 77.0 Å². The van der Waals surface area contributed by atoms with E-state index in [1.54, 1.807) is 16.4 Å². The molecule has 0 aromatic heterocycles. The van der Waals surface area contributed by atoms with Crippen LogP contribution >= 0.6 is 0 Å². The Labute approximate surface area is 187 Å². The lowest BCUT2D eigenvalue weighted by Gasteiger charge is -2.22. The first-order chi connectivity index (χ1) is 14.6. The number of sulfonamides is 1. The Morgan fingerprint density at radius 2 is 0.933 bits per heavy atom. The third-order valence-corrected chi connectivity index (χ3v) is 7.82. The highest BCUT2D eigenvalue weighted by atomic mass is 32.2. The molecule has 3 nitrogen and oxygen atoms in total. The van der Waals surface area contributed by atoms with Crippen LogP contribution in [0, 0.1) is 0 Å². The third-order valence-electron chi connectivity index (χ3n) is 5.90. The highest BCUT2D eigenvalue weighted by Crippen LogP contribution is 2.18. The van der Waals surface area contributed by atoms with Crippen molar-refractivity contribution in [3.8, 4) is 0 Å². The average molecular weight is 438 g/mol. The van der Waals surface area contributed by atoms with Crippen molar-refractivity contribution >= 4 is 10.0 Å². The van der Waals surface area contributed by atoms with Gasteiger partial charge in [-0.2, -0.15) is 4.31 Å². The molecule has 0 spiro atoms. The van der Waals surface area contributed by atoms with Gasteiger partial charge in [-0.3, -0.25) is 0 Å². The van der Waals surface area contributed by atoms with E-state index >= 15 is 0 Å². The molecule has 0 aliphatic carbocycles. The maximum atomic E-state index is 13.1. The maximum absolute atomic E-state index is 13.1. The maximum Gasteiger partial charge on any atom is 0.243 e. The van der Waals surface area contributed by atoms with Gasteiger partial charge in [-0.15, -0.1) is 0 Å². The number of hydrogen-bond donors (Lipinski definition) is 0. The van der Waals surface area contributed by atoms with E-state index in [9.17, 15) is 8.42 Å². The molecule has 0 heterocycles. The fourth-order valence-electron chi connectivity index (χ4n) is 3.94. The smallest absolute Gasteiger partial charge is 0.207 e. The highest BCUT2D eigenvalue weighted by Gasteiger charge is 2.23. The summed E-state index contributed by atoms with van der Waals surface area (Å²) in [5.41, 5.74) is 0. The van der Waals surface area contributed by atoms with Gasteiger partial charge >= 0.3 is 0 Å². The van der Waals surface area contributed by atoms with E-state index in [2.05, 4.69) is 13.8 Å². The Morgan fingerprint density at radius 3 is 1.33 bits per heavy atom. The predicted molar refractivity (Wildman–Crippen MR) is 130 cm³/mol. The Balaban J connectivity index is 2.42. The zero-order valence-electron chi connectivity index (χ0n) is 19.8. The molecule has 4 heteroatoms. The molecule has 0 saturated heterocycles. The molecule has 1 rings (SSSR count). The Morgan fingerprint density at radius 1 is 0.567 bits per heavy atom. The Hall–Kier alpha value is -0.870. The van der Waals surface area contributed by atoms with Gasteiger partial charge in [0, 0.05) is 13.1 Å². The number of nitrogens with zero attached hydrogens (tertiary/aromatic N) is 1. The van der Waals surface area contributed by atoms with E-state index in [0.717, 1.165) is 25.7 Å². The van der Waals surface area contributed by atoms with E-state index < -0.39 is 10.0 Å². The fourth-order valence-corrected chi connectivity index (χ4v) is 5.48. The van der Waals surface area contributed by atoms with Crippen molar-refractivity contribution < 1.29 is 8.42 Å². The van der Waals surface area contributed by atoms with E-state index in [-0.39, 0.29) is 0 Å². The van der Waals surface area contributed by atoms with Crippen LogP contribution in [0.25, 0.3) is 0 Å². The van der Waals surface area contributed by atoms with E-state index in [1.807, 2.05) is 18.2 Å². The highest BCUT2D eigenvalue weighted by molar-refractivity contribution is 7.89. The van der Waals surface area contributed by atoms with Crippen LogP contribution in [0.1, 0.15) is 117 Å². The van der Waals surface area contributed by atoms with Gasteiger partial charge in [0.1, 0.15) is 0 Å². The van der Waals surface area contributed by atoms with Crippen LogP contribution in [0.3, 0.4) is 0 Å². The van der Waals surface area contributed by atoms with E-state index in [0.29, 0.717) is 18.0 Å². The second kappa shape index (κ2) is 17.8. The molecule has 0 aliphatic rings. The number of hydrogen-bond acceptors (Lipinski definition) is 2. The molecule has 0 unspecified atom stereocenters. The van der Waals surface area contributed by atoms with Crippen LogP contribution in [-0.4, -0.2) is 25.8 Å². The van der Waals surface area contributed by atoms with Gasteiger partial charge < -0.3 is 0 Å². The molecular weight excluding hydrogens is 390 g/mol. The summed E-state index contributed by atoms with van der Waals surface area (Å²) in [6.45, 7) is 5.80. The minimum atomic E-state index is -3.38. The van der Waals surface area contributed by atoms with Crippen molar-refractivity contribution in [3.05, 3.63) is 30.3 Å². The summed E-state index contributed by atoms with van der Waals surface area (Å²) < 4.78 is 28.0. The largest absolute Gasteiger partial charge is 0.243 e. The summed E-state index contributed by atoms with van der Waals surface area (Å²) in [5, 5.41) is 0. The Bertz CT molecular complexity index is 581. The quantitative estimate of drug-likeness (QED) is 0.194. The molecule has 174 valence electrons. The second-order valence-electron chi connectivity index (χ2n) is 8.67. The lowest BCUT2D eigenvalue weighted by atomic mass is 10.1. The lowest BCUT2D eigenvalue weighted by molar-refractivity contribution is 0.383. The van der Waals surface area contributed by atoms with Crippen LogP contribution in [0.15, 0.2) is 35.2 Å². The normalized spacial score (nSPS) is 12.0. The molecule has 0 saturated carbocycles. The monoisotopic (exact) mass is 437 g/mol. The lowest BCUT2D eigenvalue weighted by Crippen LogP contribution is -2.33. The summed E-state index contributed by atoms with van der Waals surface area (Å²) in [4.78, 5) is 0.434.